The molecule has 1 fully saturated rings. The van der Waals surface area contributed by atoms with Gasteiger partial charge >= 0.3 is 0 Å². The maximum absolute atomic E-state index is 3.86. The molecular formula is C16H21NS. The van der Waals surface area contributed by atoms with Gasteiger partial charge in [0.1, 0.15) is 0 Å². The van der Waals surface area contributed by atoms with Crippen LogP contribution in [0.3, 0.4) is 0 Å². The van der Waals surface area contributed by atoms with Crippen molar-refractivity contribution in [1.82, 2.24) is 5.32 Å². The van der Waals surface area contributed by atoms with Crippen molar-refractivity contribution in [3.05, 3.63) is 34.0 Å². The van der Waals surface area contributed by atoms with Crippen LogP contribution in [0.4, 0.5) is 0 Å². The monoisotopic (exact) mass is 259 g/mol. The van der Waals surface area contributed by atoms with E-state index < -0.39 is 0 Å². The van der Waals surface area contributed by atoms with Crippen LogP contribution >= 0.6 is 11.3 Å². The molecule has 2 heteroatoms. The van der Waals surface area contributed by atoms with E-state index in [1.165, 1.54) is 38.6 Å². The Balaban J connectivity index is 1.40. The van der Waals surface area contributed by atoms with E-state index in [0.717, 1.165) is 17.8 Å². The molecule has 3 aliphatic carbocycles. The summed E-state index contributed by atoms with van der Waals surface area (Å²) in [5.74, 6) is 2.70. The van der Waals surface area contributed by atoms with Crippen LogP contribution in [-0.4, -0.2) is 6.54 Å². The van der Waals surface area contributed by atoms with Crippen molar-refractivity contribution in [1.29, 1.82) is 0 Å². The van der Waals surface area contributed by atoms with Crippen molar-refractivity contribution in [2.45, 2.75) is 38.1 Å². The van der Waals surface area contributed by atoms with Crippen LogP contribution in [0, 0.1) is 17.8 Å². The predicted molar refractivity (Wildman–Crippen MR) is 76.8 cm³/mol. The number of allylic oxidation sites excluding steroid dienone is 2. The normalized spacial score (nSPS) is 37.1. The molecule has 1 saturated carbocycles. The minimum Gasteiger partial charge on any atom is -0.310 e. The fourth-order valence-corrected chi connectivity index (χ4v) is 5.11. The Labute approximate surface area is 113 Å². The highest BCUT2D eigenvalue weighted by molar-refractivity contribution is 7.10. The molecule has 2 bridgehead atoms. The van der Waals surface area contributed by atoms with Gasteiger partial charge in [-0.05, 0) is 73.4 Å². The van der Waals surface area contributed by atoms with E-state index in [1.54, 1.807) is 10.4 Å². The third-order valence-corrected chi connectivity index (χ3v) is 6.09. The highest BCUT2D eigenvalue weighted by Gasteiger charge is 2.35. The first kappa shape index (κ1) is 11.2. The van der Waals surface area contributed by atoms with Crippen LogP contribution < -0.4 is 5.32 Å². The smallest absolute Gasteiger partial charge is 0.0331 e. The molecule has 0 radical (unpaired) electrons. The molecule has 3 aliphatic rings. The average molecular weight is 259 g/mol. The standard InChI is InChI=1S/C16H21NS/c1-2-15(14-6-7-18-16(14)3-1)17-10-13-9-11-4-5-12(13)8-11/h4-7,11-13,15,17H,1-3,8-10H2. The van der Waals surface area contributed by atoms with E-state index in [0.29, 0.717) is 6.04 Å². The van der Waals surface area contributed by atoms with Gasteiger partial charge in [-0.1, -0.05) is 12.2 Å². The molecule has 1 aromatic heterocycles. The lowest BCUT2D eigenvalue weighted by Crippen LogP contribution is -2.30. The average Bonchev–Trinajstić information content (AvgIpc) is 3.11. The Morgan fingerprint density at radius 1 is 1.28 bits per heavy atom. The van der Waals surface area contributed by atoms with Crippen molar-refractivity contribution in [2.75, 3.05) is 6.54 Å². The Hall–Kier alpha value is -0.600. The predicted octanol–water partition coefficient (Wildman–Crippen LogP) is 3.93. The van der Waals surface area contributed by atoms with E-state index >= 15 is 0 Å². The van der Waals surface area contributed by atoms with Crippen molar-refractivity contribution >= 4 is 11.3 Å². The number of aryl methyl sites for hydroxylation is 1. The van der Waals surface area contributed by atoms with Crippen LogP contribution in [0.1, 0.15) is 42.2 Å². The number of hydrogen-bond acceptors (Lipinski definition) is 2. The molecule has 1 nitrogen and oxygen atoms in total. The molecule has 4 unspecified atom stereocenters. The highest BCUT2D eigenvalue weighted by atomic mass is 32.1. The Bertz CT molecular complexity index is 461. The number of nitrogens with one attached hydrogen (secondary N) is 1. The molecule has 1 aromatic rings. The number of rotatable bonds is 3. The molecule has 18 heavy (non-hydrogen) atoms. The topological polar surface area (TPSA) is 12.0 Å². The van der Waals surface area contributed by atoms with Gasteiger partial charge in [-0.2, -0.15) is 0 Å². The minimum atomic E-state index is 0.642. The number of fused-ring (bicyclic) bond motifs is 3. The second-order valence-corrected chi connectivity index (χ2v) is 7.19. The first-order valence-corrected chi connectivity index (χ1v) is 8.26. The first-order chi connectivity index (χ1) is 8.90. The Morgan fingerprint density at radius 3 is 3.11 bits per heavy atom. The molecule has 1 N–H and O–H groups in total. The molecule has 96 valence electrons. The lowest BCUT2D eigenvalue weighted by atomic mass is 9.91. The zero-order valence-electron chi connectivity index (χ0n) is 10.8. The van der Waals surface area contributed by atoms with Gasteiger partial charge in [0, 0.05) is 10.9 Å². The molecule has 4 rings (SSSR count). The molecule has 0 aliphatic heterocycles. The fourth-order valence-electron chi connectivity index (χ4n) is 4.12. The molecule has 0 saturated heterocycles. The maximum Gasteiger partial charge on any atom is 0.0331 e. The summed E-state index contributed by atoms with van der Waals surface area (Å²) in [5.41, 5.74) is 1.60. The second kappa shape index (κ2) is 4.50. The van der Waals surface area contributed by atoms with E-state index in [-0.39, 0.29) is 0 Å². The summed E-state index contributed by atoms with van der Waals surface area (Å²) in [6, 6.07) is 2.99. The zero-order valence-corrected chi connectivity index (χ0v) is 11.6. The van der Waals surface area contributed by atoms with Crippen molar-refractivity contribution in [3.63, 3.8) is 0 Å². The summed E-state index contributed by atoms with van der Waals surface area (Å²) >= 11 is 1.95. The Morgan fingerprint density at radius 2 is 2.28 bits per heavy atom. The van der Waals surface area contributed by atoms with Gasteiger partial charge in [0.05, 0.1) is 0 Å². The third-order valence-electron chi connectivity index (χ3n) is 5.09. The van der Waals surface area contributed by atoms with Gasteiger partial charge in [-0.25, -0.2) is 0 Å². The summed E-state index contributed by atoms with van der Waals surface area (Å²) in [6.45, 7) is 1.23. The SMILES string of the molecule is C1=CC2CC1CC2CNC1CCCc2sccc21. The fraction of sp³-hybridized carbons (Fsp3) is 0.625. The molecule has 0 amide bonds. The van der Waals surface area contributed by atoms with E-state index in [1.807, 2.05) is 11.3 Å². The lowest BCUT2D eigenvalue weighted by Gasteiger charge is -2.27. The summed E-state index contributed by atoms with van der Waals surface area (Å²) in [6.07, 6.45) is 11.8. The first-order valence-electron chi connectivity index (χ1n) is 7.38. The van der Waals surface area contributed by atoms with Crippen LogP contribution in [0.25, 0.3) is 0 Å². The Kier molecular flexibility index (Phi) is 2.81. The van der Waals surface area contributed by atoms with Gasteiger partial charge in [-0.15, -0.1) is 11.3 Å². The zero-order chi connectivity index (χ0) is 11.9. The van der Waals surface area contributed by atoms with E-state index in [2.05, 4.69) is 28.9 Å². The van der Waals surface area contributed by atoms with Crippen LogP contribution in [0.2, 0.25) is 0 Å². The summed E-state index contributed by atoms with van der Waals surface area (Å²) in [5, 5.41) is 6.13. The molecule has 0 spiro atoms. The minimum absolute atomic E-state index is 0.642. The van der Waals surface area contributed by atoms with Crippen LogP contribution in [0.15, 0.2) is 23.6 Å². The quantitative estimate of drug-likeness (QED) is 0.811. The van der Waals surface area contributed by atoms with Gasteiger partial charge < -0.3 is 5.32 Å². The molecular weight excluding hydrogens is 238 g/mol. The van der Waals surface area contributed by atoms with Gasteiger partial charge in [0.25, 0.3) is 0 Å². The van der Waals surface area contributed by atoms with E-state index in [9.17, 15) is 0 Å². The molecule has 0 aromatic carbocycles. The largest absolute Gasteiger partial charge is 0.310 e. The van der Waals surface area contributed by atoms with Gasteiger partial charge in [0.2, 0.25) is 0 Å². The van der Waals surface area contributed by atoms with Gasteiger partial charge in [-0.3, -0.25) is 0 Å². The highest BCUT2D eigenvalue weighted by Crippen LogP contribution is 2.43. The summed E-state index contributed by atoms with van der Waals surface area (Å²) in [4.78, 5) is 1.63. The maximum atomic E-state index is 3.86. The third kappa shape index (κ3) is 1.86. The molecule has 1 heterocycles. The van der Waals surface area contributed by atoms with Crippen molar-refractivity contribution < 1.29 is 0 Å². The van der Waals surface area contributed by atoms with Crippen molar-refractivity contribution in [2.24, 2.45) is 17.8 Å². The number of hydrogen-bond donors (Lipinski definition) is 1. The van der Waals surface area contributed by atoms with E-state index in [4.69, 9.17) is 0 Å². The number of thiophene rings is 1. The summed E-state index contributed by atoms with van der Waals surface area (Å²) in [7, 11) is 0. The van der Waals surface area contributed by atoms with Crippen molar-refractivity contribution in [3.8, 4) is 0 Å². The summed E-state index contributed by atoms with van der Waals surface area (Å²) < 4.78 is 0. The van der Waals surface area contributed by atoms with Crippen LogP contribution in [-0.2, 0) is 6.42 Å². The van der Waals surface area contributed by atoms with Crippen LogP contribution in [0.5, 0.6) is 0 Å². The van der Waals surface area contributed by atoms with Gasteiger partial charge in [0.15, 0.2) is 0 Å². The lowest BCUT2D eigenvalue weighted by molar-refractivity contribution is 0.367. The molecule has 4 atom stereocenters. The second-order valence-electron chi connectivity index (χ2n) is 6.19.